The van der Waals surface area contributed by atoms with Crippen LogP contribution in [-0.2, 0) is 38.3 Å². The van der Waals surface area contributed by atoms with Crippen molar-refractivity contribution in [1.82, 2.24) is 15.1 Å². The molecule has 0 radical (unpaired) electrons. The lowest BCUT2D eigenvalue weighted by molar-refractivity contribution is -0.422. The molecule has 6 amide bonds. The molecule has 0 bridgehead atoms. The number of imide groups is 2. The first-order valence-electron chi connectivity index (χ1n) is 19.4. The van der Waals surface area contributed by atoms with Gasteiger partial charge in [-0.1, -0.05) is 24.8 Å². The van der Waals surface area contributed by atoms with Crippen LogP contribution in [0.15, 0.2) is 48.7 Å². The lowest BCUT2D eigenvalue weighted by Gasteiger charge is -2.16. The number of halogens is 1. The minimum Gasteiger partial charge on any atom is -1.00 e. The molecule has 15 nitrogen and oxygen atoms in total. The molecule has 0 aromatic heterocycles. The molecule has 59 heavy (non-hydrogen) atoms. The molecule has 3 atom stereocenters. The number of hydrogen-bond donors (Lipinski definition) is 5. The third-order valence-electron chi connectivity index (χ3n) is 10.2. The average Bonchev–Trinajstić information content (AvgIpc) is 3.77. The fourth-order valence-corrected chi connectivity index (χ4v) is 9.37. The van der Waals surface area contributed by atoms with Crippen molar-refractivity contribution in [3.63, 3.8) is 0 Å². The van der Waals surface area contributed by atoms with Crippen LogP contribution in [0.1, 0.15) is 75.3 Å². The van der Waals surface area contributed by atoms with E-state index in [2.05, 4.69) is 27.5 Å². The van der Waals surface area contributed by atoms with Crippen molar-refractivity contribution in [2.45, 2.75) is 74.7 Å². The second kappa shape index (κ2) is 21.9. The Kier molecular flexibility index (Phi) is 17.4. The Hall–Kier alpha value is -4.87. The largest absolute Gasteiger partial charge is 1.00 e. The molecule has 18 heteroatoms. The Labute approximate surface area is 358 Å². The van der Waals surface area contributed by atoms with Gasteiger partial charge in [-0.05, 0) is 65.7 Å². The number of anilines is 2. The maximum atomic E-state index is 13.3. The van der Waals surface area contributed by atoms with E-state index in [9.17, 15) is 33.6 Å². The molecule has 0 spiro atoms. The molecule has 6 N–H and O–H groups in total. The van der Waals surface area contributed by atoms with Gasteiger partial charge in [0.1, 0.15) is 6.61 Å². The Morgan fingerprint density at radius 2 is 1.46 bits per heavy atom. The van der Waals surface area contributed by atoms with E-state index in [4.69, 9.17) is 10.5 Å². The number of amidine groups is 1. The van der Waals surface area contributed by atoms with Crippen LogP contribution in [0.4, 0.5) is 11.4 Å². The number of hydrogen-bond acceptors (Lipinski definition) is 11. The van der Waals surface area contributed by atoms with Gasteiger partial charge in [0.2, 0.25) is 41.3 Å². The van der Waals surface area contributed by atoms with Crippen LogP contribution in [0, 0.1) is 0 Å². The van der Waals surface area contributed by atoms with E-state index in [1.165, 1.54) is 35.3 Å². The normalized spacial score (nSPS) is 18.4. The molecule has 3 unspecified atom stereocenters. The summed E-state index contributed by atoms with van der Waals surface area (Å²) in [4.78, 5) is 94.9. The van der Waals surface area contributed by atoms with Gasteiger partial charge in [0, 0.05) is 87.7 Å². The van der Waals surface area contributed by atoms with Crippen molar-refractivity contribution >= 4 is 82.1 Å². The first kappa shape index (κ1) is 46.8. The number of rotatable bonds is 21. The number of thioether (sulfide) groups is 2. The predicted molar refractivity (Wildman–Crippen MR) is 225 cm³/mol. The standard InChI is InChI=1S/C41H51N7O8S2.ClH/c1-24(43-3)8-6-18-57-32-21-38(53)48(40(32)54)17-15-36(51)46-31-10-5-9-27-30(23-56-25(2)49)29-20-26(12-13-28(29)39(27)31)45-35(50)14-16-47-37(52)22-33(41(47)55)58-19-7-11-34(42)44-4;/h5,9-10,12-13,20,30,32-33,43H,1,6-8,11,14-19,21-23H2,2-4H3,(H2,42,44)(H,45,50)(H,46,51);1H. The van der Waals surface area contributed by atoms with Gasteiger partial charge in [-0.2, -0.15) is 0 Å². The fourth-order valence-electron chi connectivity index (χ4n) is 7.12. The summed E-state index contributed by atoms with van der Waals surface area (Å²) < 4.78 is 5.45. The van der Waals surface area contributed by atoms with Crippen molar-refractivity contribution in [1.29, 1.82) is 0 Å². The highest BCUT2D eigenvalue weighted by atomic mass is 35.5. The maximum absolute atomic E-state index is 13.3. The van der Waals surface area contributed by atoms with Crippen LogP contribution in [-0.4, -0.2) is 113 Å². The fraction of sp³-hybridized carbons (Fsp3) is 0.463. The van der Waals surface area contributed by atoms with Crippen LogP contribution in [0.25, 0.3) is 11.1 Å². The molecule has 2 aromatic carbocycles. The smallest absolute Gasteiger partial charge is 0.302 e. The Bertz CT molecular complexity index is 2000. The molecular weight excluding hydrogens is 818 g/mol. The number of fused-ring (bicyclic) bond motifs is 3. The number of ether oxygens (including phenoxy) is 1. The SMILES string of the molecule is C=C(CCCSC1CC(=O)N(CCC(=O)Nc2cccc3c2-c2ccc(NC(=O)CCN4C(=O)CC(SCCCC(N)=[NH+]C)C4=O)cc2C3COC(C)=O)C1=O)NC.[Cl-]. The predicted octanol–water partition coefficient (Wildman–Crippen LogP) is -0.894. The number of benzene rings is 2. The van der Waals surface area contributed by atoms with E-state index in [1.807, 2.05) is 19.2 Å². The highest BCUT2D eigenvalue weighted by Gasteiger charge is 2.40. The number of nitrogens with one attached hydrogen (secondary N) is 4. The van der Waals surface area contributed by atoms with Crippen LogP contribution in [0.2, 0.25) is 0 Å². The van der Waals surface area contributed by atoms with Crippen LogP contribution in [0.3, 0.4) is 0 Å². The highest BCUT2D eigenvalue weighted by molar-refractivity contribution is 8.00. The molecule has 2 saturated heterocycles. The van der Waals surface area contributed by atoms with E-state index < -0.39 is 22.4 Å². The molecule has 5 rings (SSSR count). The van der Waals surface area contributed by atoms with Gasteiger partial charge >= 0.3 is 5.97 Å². The lowest BCUT2D eigenvalue weighted by Crippen LogP contribution is -3.00. The van der Waals surface area contributed by atoms with Crippen molar-refractivity contribution in [2.24, 2.45) is 5.73 Å². The molecule has 1 aliphatic carbocycles. The van der Waals surface area contributed by atoms with Gasteiger partial charge in [0.15, 0.2) is 0 Å². The van der Waals surface area contributed by atoms with Gasteiger partial charge in [-0.3, -0.25) is 54.1 Å². The first-order valence-corrected chi connectivity index (χ1v) is 21.5. The van der Waals surface area contributed by atoms with E-state index >= 15 is 0 Å². The number of carbonyl (C=O) groups is 7. The molecule has 2 heterocycles. The topological polar surface area (TPSA) is 211 Å². The van der Waals surface area contributed by atoms with E-state index in [0.717, 1.165) is 52.1 Å². The number of nitrogens with zero attached hydrogens (tertiary/aromatic N) is 2. The molecule has 2 aliphatic heterocycles. The van der Waals surface area contributed by atoms with E-state index in [1.54, 1.807) is 31.3 Å². The number of nitrogens with two attached hydrogens (primary N) is 1. The number of esters is 1. The molecule has 2 aromatic rings. The van der Waals surface area contributed by atoms with Crippen LogP contribution >= 0.6 is 23.5 Å². The highest BCUT2D eigenvalue weighted by Crippen LogP contribution is 2.49. The second-order valence-corrected chi connectivity index (χ2v) is 16.9. The Morgan fingerprint density at radius 3 is 2.03 bits per heavy atom. The summed E-state index contributed by atoms with van der Waals surface area (Å²) in [7, 11) is 3.56. The van der Waals surface area contributed by atoms with Gasteiger partial charge in [0.25, 0.3) is 0 Å². The Morgan fingerprint density at radius 1 is 0.864 bits per heavy atom. The van der Waals surface area contributed by atoms with Crippen molar-refractivity contribution in [2.75, 3.05) is 55.9 Å². The minimum atomic E-state index is -0.478. The van der Waals surface area contributed by atoms with Crippen molar-refractivity contribution in [3.05, 3.63) is 59.8 Å². The summed E-state index contributed by atoms with van der Waals surface area (Å²) in [6.07, 6.45) is 3.07. The van der Waals surface area contributed by atoms with Gasteiger partial charge < -0.3 is 33.1 Å². The third-order valence-corrected chi connectivity index (χ3v) is 12.8. The number of carbonyl (C=O) groups excluding carboxylic acids is 7. The minimum absolute atomic E-state index is 0. The second-order valence-electron chi connectivity index (χ2n) is 14.3. The van der Waals surface area contributed by atoms with Crippen LogP contribution < -0.4 is 39.1 Å². The number of likely N-dealkylation sites (tertiary alicyclic amines) is 2. The molecule has 3 aliphatic rings. The van der Waals surface area contributed by atoms with E-state index in [0.29, 0.717) is 35.1 Å². The van der Waals surface area contributed by atoms with E-state index in [-0.39, 0.29) is 93.2 Å². The zero-order valence-corrected chi connectivity index (χ0v) is 35.9. The van der Waals surface area contributed by atoms with Crippen LogP contribution in [0.5, 0.6) is 0 Å². The maximum Gasteiger partial charge on any atom is 0.302 e. The van der Waals surface area contributed by atoms with Crippen molar-refractivity contribution in [3.8, 4) is 11.1 Å². The lowest BCUT2D eigenvalue weighted by atomic mass is 9.97. The zero-order valence-electron chi connectivity index (χ0n) is 33.5. The monoisotopic (exact) mass is 869 g/mol. The summed E-state index contributed by atoms with van der Waals surface area (Å²) in [6, 6.07) is 10.8. The average molecular weight is 870 g/mol. The van der Waals surface area contributed by atoms with Crippen molar-refractivity contribution < 1.29 is 55.7 Å². The van der Waals surface area contributed by atoms with Gasteiger partial charge in [0.05, 0.1) is 17.5 Å². The summed E-state index contributed by atoms with van der Waals surface area (Å²) in [6.45, 7) is 5.17. The van der Waals surface area contributed by atoms with Gasteiger partial charge in [-0.15, -0.1) is 23.5 Å². The Balaban J connectivity index is 0.00000769. The molecular formula is C41H52ClN7O8S2. The molecule has 2 fully saturated rings. The third kappa shape index (κ3) is 12.1. The molecule has 0 saturated carbocycles. The number of amides is 6. The summed E-state index contributed by atoms with van der Waals surface area (Å²) in [5, 5.41) is 7.89. The summed E-state index contributed by atoms with van der Waals surface area (Å²) in [5.41, 5.74) is 10.8. The zero-order chi connectivity index (χ0) is 41.9. The first-order chi connectivity index (χ1) is 27.8. The number of allylic oxidation sites excluding steroid dienone is 1. The summed E-state index contributed by atoms with van der Waals surface area (Å²) >= 11 is 2.87. The quantitative estimate of drug-likeness (QED) is 0.0340. The molecule has 318 valence electrons. The summed E-state index contributed by atoms with van der Waals surface area (Å²) in [5.74, 6) is -0.745. The van der Waals surface area contributed by atoms with Gasteiger partial charge in [-0.25, -0.2) is 0 Å².